The molecule has 104 valence electrons. The normalized spacial score (nSPS) is 30.2. The van der Waals surface area contributed by atoms with Gasteiger partial charge in [0, 0.05) is 18.5 Å². The molecule has 18 heavy (non-hydrogen) atoms. The molecule has 1 heterocycles. The first-order valence-corrected chi connectivity index (χ1v) is 6.02. The molecular formula is C11H17F3N2O2. The van der Waals surface area contributed by atoms with Crippen LogP contribution in [0.5, 0.6) is 0 Å². The van der Waals surface area contributed by atoms with Crippen LogP contribution in [-0.4, -0.2) is 43.4 Å². The molecule has 0 aromatic heterocycles. The van der Waals surface area contributed by atoms with Crippen LogP contribution < -0.4 is 10.6 Å². The molecule has 1 aliphatic carbocycles. The van der Waals surface area contributed by atoms with E-state index in [2.05, 4.69) is 10.6 Å². The molecule has 2 aliphatic rings. The van der Waals surface area contributed by atoms with Crippen LogP contribution in [0.2, 0.25) is 0 Å². The summed E-state index contributed by atoms with van der Waals surface area (Å²) in [5, 5.41) is 14.0. The highest BCUT2D eigenvalue weighted by Crippen LogP contribution is 2.46. The monoisotopic (exact) mass is 266 g/mol. The molecule has 1 saturated carbocycles. The molecule has 1 unspecified atom stereocenters. The molecule has 4 nitrogen and oxygen atoms in total. The van der Waals surface area contributed by atoms with E-state index in [9.17, 15) is 18.0 Å². The Balaban J connectivity index is 2.01. The minimum atomic E-state index is -4.55. The first-order chi connectivity index (χ1) is 8.35. The Bertz CT molecular complexity index is 334. The summed E-state index contributed by atoms with van der Waals surface area (Å²) >= 11 is 0. The maximum Gasteiger partial charge on any atom is 0.404 e. The molecule has 0 aromatic carbocycles. The van der Waals surface area contributed by atoms with Crippen molar-refractivity contribution in [2.75, 3.05) is 26.2 Å². The van der Waals surface area contributed by atoms with Gasteiger partial charge >= 0.3 is 6.18 Å². The van der Waals surface area contributed by atoms with E-state index in [0.29, 0.717) is 0 Å². The lowest BCUT2D eigenvalue weighted by molar-refractivity contribution is -0.216. The molecular weight excluding hydrogens is 249 g/mol. The zero-order valence-corrected chi connectivity index (χ0v) is 9.94. The summed E-state index contributed by atoms with van der Waals surface area (Å²) in [5.74, 6) is -0.972. The number of nitrogens with one attached hydrogen (secondary N) is 2. The Hall–Kier alpha value is -0.820. The van der Waals surface area contributed by atoms with Gasteiger partial charge in [0.25, 0.3) is 0 Å². The summed E-state index contributed by atoms with van der Waals surface area (Å²) in [5.41, 5.74) is -2.69. The minimum Gasteiger partial charge on any atom is -0.396 e. The number of carbonyl (C=O) groups is 1. The van der Waals surface area contributed by atoms with E-state index in [1.807, 2.05) is 0 Å². The van der Waals surface area contributed by atoms with Crippen LogP contribution >= 0.6 is 0 Å². The Morgan fingerprint density at radius 2 is 2.00 bits per heavy atom. The predicted molar refractivity (Wildman–Crippen MR) is 57.7 cm³/mol. The first kappa shape index (κ1) is 13.6. The fraction of sp³-hybridized carbons (Fsp3) is 0.909. The van der Waals surface area contributed by atoms with Crippen molar-refractivity contribution in [2.24, 2.45) is 10.8 Å². The smallest absolute Gasteiger partial charge is 0.396 e. The van der Waals surface area contributed by atoms with Gasteiger partial charge < -0.3 is 15.7 Å². The summed E-state index contributed by atoms with van der Waals surface area (Å²) in [7, 11) is 0. The van der Waals surface area contributed by atoms with Gasteiger partial charge in [-0.05, 0) is 25.8 Å². The number of amides is 1. The van der Waals surface area contributed by atoms with E-state index >= 15 is 0 Å². The number of aliphatic hydroxyl groups excluding tert-OH is 1. The zero-order chi connectivity index (χ0) is 13.4. The van der Waals surface area contributed by atoms with E-state index in [0.717, 1.165) is 12.8 Å². The average molecular weight is 266 g/mol. The number of aliphatic hydroxyl groups is 1. The molecule has 2 fully saturated rings. The van der Waals surface area contributed by atoms with Crippen molar-refractivity contribution in [1.82, 2.24) is 10.6 Å². The van der Waals surface area contributed by atoms with Gasteiger partial charge in [-0.15, -0.1) is 0 Å². The quantitative estimate of drug-likeness (QED) is 0.691. The van der Waals surface area contributed by atoms with Crippen molar-refractivity contribution in [3.05, 3.63) is 0 Å². The van der Waals surface area contributed by atoms with E-state index in [-0.39, 0.29) is 38.1 Å². The maximum absolute atomic E-state index is 13.0. The lowest BCUT2D eigenvalue weighted by atomic mass is 9.85. The van der Waals surface area contributed by atoms with Crippen LogP contribution in [0.4, 0.5) is 13.2 Å². The van der Waals surface area contributed by atoms with Crippen molar-refractivity contribution < 1.29 is 23.1 Å². The highest BCUT2D eigenvalue weighted by Gasteiger charge is 2.61. The predicted octanol–water partition coefficient (Wildman–Crippen LogP) is 0.417. The van der Waals surface area contributed by atoms with Gasteiger partial charge in [0.2, 0.25) is 5.91 Å². The lowest BCUT2D eigenvalue weighted by Crippen LogP contribution is -2.53. The number of rotatable bonds is 4. The van der Waals surface area contributed by atoms with Gasteiger partial charge in [0.05, 0.1) is 6.61 Å². The van der Waals surface area contributed by atoms with Crippen molar-refractivity contribution >= 4 is 5.91 Å². The Morgan fingerprint density at radius 3 is 2.39 bits per heavy atom. The lowest BCUT2D eigenvalue weighted by Gasteiger charge is -2.30. The largest absolute Gasteiger partial charge is 0.404 e. The summed E-state index contributed by atoms with van der Waals surface area (Å²) in [6, 6.07) is 0. The summed E-state index contributed by atoms with van der Waals surface area (Å²) < 4.78 is 39.1. The second kappa shape index (κ2) is 4.38. The Kier molecular flexibility index (Phi) is 3.31. The topological polar surface area (TPSA) is 61.4 Å². The van der Waals surface area contributed by atoms with E-state index < -0.39 is 17.5 Å². The van der Waals surface area contributed by atoms with E-state index in [4.69, 9.17) is 5.11 Å². The van der Waals surface area contributed by atoms with Crippen LogP contribution in [0.25, 0.3) is 0 Å². The number of alkyl halides is 3. The summed E-state index contributed by atoms with van der Waals surface area (Å²) in [4.78, 5) is 11.9. The molecule has 0 bridgehead atoms. The molecule has 1 aliphatic heterocycles. The van der Waals surface area contributed by atoms with Crippen molar-refractivity contribution in [1.29, 1.82) is 0 Å². The van der Waals surface area contributed by atoms with Crippen molar-refractivity contribution in [3.8, 4) is 0 Å². The fourth-order valence-electron chi connectivity index (χ4n) is 2.26. The van der Waals surface area contributed by atoms with Gasteiger partial charge in [-0.1, -0.05) is 0 Å². The van der Waals surface area contributed by atoms with Crippen molar-refractivity contribution in [3.63, 3.8) is 0 Å². The minimum absolute atomic E-state index is 0.0927. The molecule has 0 radical (unpaired) electrons. The summed E-state index contributed by atoms with van der Waals surface area (Å²) in [6.45, 7) is -0.142. The summed E-state index contributed by atoms with van der Waals surface area (Å²) in [6.07, 6.45) is -3.27. The number of carbonyl (C=O) groups excluding carboxylic acids is 1. The van der Waals surface area contributed by atoms with Crippen LogP contribution in [0.15, 0.2) is 0 Å². The van der Waals surface area contributed by atoms with Gasteiger partial charge in [-0.25, -0.2) is 0 Å². The van der Waals surface area contributed by atoms with Gasteiger partial charge in [-0.3, -0.25) is 4.79 Å². The molecule has 0 spiro atoms. The molecule has 7 heteroatoms. The third-order valence-electron chi connectivity index (χ3n) is 4.05. The van der Waals surface area contributed by atoms with Crippen LogP contribution in [-0.2, 0) is 4.79 Å². The van der Waals surface area contributed by atoms with E-state index in [1.54, 1.807) is 0 Å². The Morgan fingerprint density at radius 1 is 1.33 bits per heavy atom. The van der Waals surface area contributed by atoms with Gasteiger partial charge in [0.15, 0.2) is 5.41 Å². The standard InChI is InChI=1S/C11H17F3N2O2/c12-11(13,14)10(3-4-15-6-10)8(18)16-5-9(7-17)1-2-9/h15,17H,1-7H2,(H,16,18). The molecule has 2 rings (SSSR count). The highest BCUT2D eigenvalue weighted by molar-refractivity contribution is 5.84. The SMILES string of the molecule is O=C(NCC1(CO)CC1)C1(C(F)(F)F)CCNC1. The van der Waals surface area contributed by atoms with Gasteiger partial charge in [0.1, 0.15) is 0 Å². The Labute approximate surface area is 103 Å². The number of halogens is 3. The van der Waals surface area contributed by atoms with Crippen molar-refractivity contribution in [2.45, 2.75) is 25.4 Å². The van der Waals surface area contributed by atoms with Gasteiger partial charge in [-0.2, -0.15) is 13.2 Å². The van der Waals surface area contributed by atoms with Crippen LogP contribution in [0.3, 0.4) is 0 Å². The van der Waals surface area contributed by atoms with Crippen LogP contribution in [0, 0.1) is 10.8 Å². The number of hydrogen-bond acceptors (Lipinski definition) is 3. The fourth-order valence-corrected chi connectivity index (χ4v) is 2.26. The molecule has 1 atom stereocenters. The zero-order valence-electron chi connectivity index (χ0n) is 9.94. The second-order valence-corrected chi connectivity index (χ2v) is 5.35. The number of hydrogen-bond donors (Lipinski definition) is 3. The second-order valence-electron chi connectivity index (χ2n) is 5.35. The third kappa shape index (κ3) is 2.21. The molecule has 3 N–H and O–H groups in total. The molecule has 1 amide bonds. The van der Waals surface area contributed by atoms with Crippen LogP contribution in [0.1, 0.15) is 19.3 Å². The maximum atomic E-state index is 13.0. The average Bonchev–Trinajstić information content (AvgIpc) is 2.90. The third-order valence-corrected chi connectivity index (χ3v) is 4.05. The molecule has 0 aromatic rings. The molecule has 1 saturated heterocycles. The first-order valence-electron chi connectivity index (χ1n) is 6.02. The highest BCUT2D eigenvalue weighted by atomic mass is 19.4. The van der Waals surface area contributed by atoms with E-state index in [1.165, 1.54) is 0 Å².